The zero-order valence-corrected chi connectivity index (χ0v) is 44.9. The number of fused-ring (bicyclic) bond motifs is 4. The highest BCUT2D eigenvalue weighted by atomic mass is 32.1. The van der Waals surface area contributed by atoms with Crippen LogP contribution in [0.2, 0.25) is 6.82 Å². The highest BCUT2D eigenvalue weighted by molar-refractivity contribution is 7.79. The second kappa shape index (κ2) is 23.9. The van der Waals surface area contributed by atoms with Gasteiger partial charge in [-0.3, -0.25) is 33.9 Å². The number of esters is 4. The van der Waals surface area contributed by atoms with E-state index in [2.05, 4.69) is 30.4 Å². The van der Waals surface area contributed by atoms with E-state index in [-0.39, 0.29) is 52.4 Å². The fourth-order valence-corrected chi connectivity index (χ4v) is 10.8. The van der Waals surface area contributed by atoms with E-state index < -0.39 is 93.5 Å². The minimum atomic E-state index is -1.23. The zero-order chi connectivity index (χ0) is 55.1. The van der Waals surface area contributed by atoms with Crippen LogP contribution in [0.3, 0.4) is 0 Å². The lowest BCUT2D eigenvalue weighted by Gasteiger charge is -2.54. The number of hydrogen-bond donors (Lipinski definition) is 2. The van der Waals surface area contributed by atoms with Crippen molar-refractivity contribution in [2.24, 2.45) is 23.7 Å². The summed E-state index contributed by atoms with van der Waals surface area (Å²) in [6, 6.07) is 9.94. The van der Waals surface area contributed by atoms with Crippen molar-refractivity contribution in [1.82, 2.24) is 9.97 Å². The molecule has 0 amide bonds. The summed E-state index contributed by atoms with van der Waals surface area (Å²) in [6.45, 7) is 17.7. The van der Waals surface area contributed by atoms with Crippen molar-refractivity contribution < 1.29 is 66.3 Å². The first-order chi connectivity index (χ1) is 35.0. The molecule has 0 bridgehead atoms. The van der Waals surface area contributed by atoms with Crippen molar-refractivity contribution in [1.29, 1.82) is 0 Å². The molecule has 11 atom stereocenters. The first kappa shape index (κ1) is 58.6. The number of thiol groups is 1. The van der Waals surface area contributed by atoms with Gasteiger partial charge >= 0.3 is 35.1 Å². The third-order valence-corrected chi connectivity index (χ3v) is 14.9. The molecule has 2 fully saturated rings. The van der Waals surface area contributed by atoms with Crippen LogP contribution in [0.4, 0.5) is 0 Å². The molecule has 2 aliphatic heterocycles. The zero-order valence-electron chi connectivity index (χ0n) is 44.0. The predicted molar refractivity (Wildman–Crippen MR) is 275 cm³/mol. The van der Waals surface area contributed by atoms with E-state index in [4.69, 9.17) is 37.3 Å². The number of aliphatic hydroxyl groups is 1. The van der Waals surface area contributed by atoms with Crippen molar-refractivity contribution in [3.8, 4) is 34.1 Å². The lowest BCUT2D eigenvalue weighted by Crippen LogP contribution is -2.63. The van der Waals surface area contributed by atoms with Gasteiger partial charge in [0, 0.05) is 93.5 Å². The molecule has 20 heteroatoms. The van der Waals surface area contributed by atoms with Crippen LogP contribution >= 0.6 is 12.6 Å². The van der Waals surface area contributed by atoms with E-state index in [9.17, 15) is 38.7 Å². The second-order valence-electron chi connectivity index (χ2n) is 19.4. The standard InChI is InChI=1S/C26H31NO8.C26H29NO8.CH3B.CH4S/c2*1-6-25(4,34-15(3)29)17-10-18-23(30)22-20(35-26(18,5)21(11-17)32-14(2)28)12-19(33-24(22)31)16-8-7-9-27-13-16;2*1-2/h7-9,12-13,17-18,21,23,30H,6,10-11H2,1-5H3;7-9,12-13,17-18,21H,6,10-11H2,1-5H3;1H3;2H,1H3/t17-,18-,21-,23+,25+,26-;17-,18-,21-,25+,26-;;/m00../s1. The summed E-state index contributed by atoms with van der Waals surface area (Å²) < 4.78 is 46.5. The Morgan fingerprint density at radius 2 is 1.15 bits per heavy atom. The predicted octanol–water partition coefficient (Wildman–Crippen LogP) is 8.05. The Hall–Kier alpha value is -6.28. The molecule has 0 unspecified atom stereocenters. The van der Waals surface area contributed by atoms with Gasteiger partial charge in [-0.2, -0.15) is 12.6 Å². The summed E-state index contributed by atoms with van der Waals surface area (Å²) in [5.74, 6) is -3.58. The van der Waals surface area contributed by atoms with E-state index in [1.165, 1.54) is 46.8 Å². The highest BCUT2D eigenvalue weighted by Crippen LogP contribution is 2.55. The molecule has 1 N–H and O–H groups in total. The van der Waals surface area contributed by atoms with Crippen LogP contribution in [0.5, 0.6) is 11.5 Å². The minimum Gasteiger partial charge on any atom is -0.482 e. The summed E-state index contributed by atoms with van der Waals surface area (Å²) in [4.78, 5) is 95.5. The normalized spacial score (nSPS) is 26.7. The van der Waals surface area contributed by atoms with Crippen molar-refractivity contribution in [2.45, 2.75) is 155 Å². The van der Waals surface area contributed by atoms with Crippen LogP contribution in [0, 0.1) is 23.7 Å². The molecule has 0 saturated heterocycles. The van der Waals surface area contributed by atoms with Crippen LogP contribution < -0.4 is 20.7 Å². The lowest BCUT2D eigenvalue weighted by molar-refractivity contribution is -0.209. The van der Waals surface area contributed by atoms with Crippen molar-refractivity contribution >= 4 is 50.1 Å². The molecule has 4 aromatic rings. The molecule has 6 heterocycles. The van der Waals surface area contributed by atoms with E-state index in [0.29, 0.717) is 43.2 Å². The average Bonchev–Trinajstić information content (AvgIpc) is 3.35. The first-order valence-electron chi connectivity index (χ1n) is 24.5. The molecule has 0 spiro atoms. The summed E-state index contributed by atoms with van der Waals surface area (Å²) in [5.41, 5.74) is -4.62. The number of rotatable bonds is 10. The quantitative estimate of drug-likeness (QED) is 0.0660. The Labute approximate surface area is 437 Å². The Kier molecular flexibility index (Phi) is 19.0. The van der Waals surface area contributed by atoms with Crippen LogP contribution in [-0.2, 0) is 38.1 Å². The number of pyridine rings is 2. The van der Waals surface area contributed by atoms with Gasteiger partial charge in [-0.05, 0) is 96.7 Å². The van der Waals surface area contributed by atoms with Gasteiger partial charge in [-0.25, -0.2) is 9.59 Å². The topological polar surface area (TPSA) is 247 Å². The number of ether oxygens (including phenoxy) is 6. The van der Waals surface area contributed by atoms with E-state index in [0.717, 1.165) is 0 Å². The van der Waals surface area contributed by atoms with Gasteiger partial charge in [0.15, 0.2) is 11.4 Å². The number of aromatic nitrogens is 2. The fraction of sp³-hybridized carbons (Fsp3) is 0.537. The van der Waals surface area contributed by atoms with Gasteiger partial charge in [-0.15, -0.1) is 0 Å². The van der Waals surface area contributed by atoms with Gasteiger partial charge < -0.3 is 42.4 Å². The molecule has 398 valence electrons. The molecule has 2 aliphatic carbocycles. The summed E-state index contributed by atoms with van der Waals surface area (Å²) >= 11 is 3.53. The van der Waals surface area contributed by atoms with Crippen LogP contribution in [0.25, 0.3) is 22.6 Å². The number of carbonyl (C=O) groups excluding carboxylic acids is 5. The highest BCUT2D eigenvalue weighted by Gasteiger charge is 2.62. The largest absolute Gasteiger partial charge is 0.482 e. The van der Waals surface area contributed by atoms with Gasteiger partial charge in [0.1, 0.15) is 63.2 Å². The monoisotopic (exact) mass is 1040 g/mol. The maximum atomic E-state index is 13.7. The third kappa shape index (κ3) is 12.0. The number of carbonyl (C=O) groups is 5. The average molecular weight is 1040 g/mol. The maximum Gasteiger partial charge on any atom is 0.351 e. The van der Waals surface area contributed by atoms with E-state index in [1.54, 1.807) is 69.0 Å². The number of hydrogen-bond acceptors (Lipinski definition) is 19. The Morgan fingerprint density at radius 1 is 0.703 bits per heavy atom. The van der Waals surface area contributed by atoms with Gasteiger partial charge in [0.05, 0.1) is 19.9 Å². The Balaban J connectivity index is 0.000000257. The molecule has 2 saturated carbocycles. The maximum absolute atomic E-state index is 13.7. The van der Waals surface area contributed by atoms with Gasteiger partial charge in [0.25, 0.3) is 0 Å². The van der Waals surface area contributed by atoms with E-state index >= 15 is 0 Å². The summed E-state index contributed by atoms with van der Waals surface area (Å²) in [5, 5.41) is 11.5. The molecule has 18 nitrogen and oxygen atoms in total. The second-order valence-corrected chi connectivity index (χ2v) is 19.4. The summed E-state index contributed by atoms with van der Waals surface area (Å²) in [7, 11) is 4.50. The van der Waals surface area contributed by atoms with Crippen molar-refractivity contribution in [3.63, 3.8) is 0 Å². The van der Waals surface area contributed by atoms with Crippen LogP contribution in [-0.4, -0.2) is 93.4 Å². The molecule has 8 rings (SSSR count). The van der Waals surface area contributed by atoms with Crippen LogP contribution in [0.15, 0.2) is 79.6 Å². The fourth-order valence-electron chi connectivity index (χ4n) is 10.8. The first-order valence-corrected chi connectivity index (χ1v) is 25.4. The number of Topliss-reactive ketones (excluding diaryl/α,β-unsaturated/α-hetero) is 1. The van der Waals surface area contributed by atoms with Crippen molar-refractivity contribution in [3.05, 3.63) is 93.2 Å². The Morgan fingerprint density at radius 3 is 1.59 bits per heavy atom. The molecular weight excluding hydrogens is 975 g/mol. The molecular formula is C54H67BN2O16S. The van der Waals surface area contributed by atoms with E-state index in [1.807, 2.05) is 27.7 Å². The van der Waals surface area contributed by atoms with Crippen LogP contribution in [0.1, 0.15) is 130 Å². The molecule has 4 aromatic heterocycles. The Bertz CT molecular complexity index is 2790. The van der Waals surface area contributed by atoms with Crippen molar-refractivity contribution in [2.75, 3.05) is 6.26 Å². The number of ketones is 1. The minimum absolute atomic E-state index is 0.0213. The molecule has 0 aromatic carbocycles. The van der Waals surface area contributed by atoms with Gasteiger partial charge in [0.2, 0.25) is 0 Å². The molecule has 2 radical (unpaired) electrons. The smallest absolute Gasteiger partial charge is 0.351 e. The molecule has 74 heavy (non-hydrogen) atoms. The molecule has 4 aliphatic rings. The lowest BCUT2D eigenvalue weighted by atomic mass is 9.61. The number of nitrogens with zero attached hydrogens (tertiary/aromatic N) is 2. The van der Waals surface area contributed by atoms with Gasteiger partial charge in [-0.1, -0.05) is 20.7 Å². The SMILES string of the molecule is CC[C@@](C)(OC(C)=O)[C@@H]1C[C@H](OC(C)=O)[C@@]2(C)Oc3cc(-c4cccnc4)oc(=O)c3C(=O)[C@@H]2C1.CC[C@@](C)(OC(C)=O)[C@@H]1C[C@H](OC(C)=O)[C@@]2(C)Oc3cc(-c4cccnc4)oc(=O)c3[C@H](O)[C@@H]2C1.CS.[B]C. The number of aliphatic hydroxyl groups excluding tert-OH is 1. The summed E-state index contributed by atoms with van der Waals surface area (Å²) in [6.07, 6.45) is 7.57. The third-order valence-electron chi connectivity index (χ3n) is 14.9.